The molecule has 0 bridgehead atoms. The molecule has 1 aliphatic rings. The Morgan fingerprint density at radius 1 is 1.48 bits per heavy atom. The summed E-state index contributed by atoms with van der Waals surface area (Å²) in [5.74, 6) is -0.230. The molecule has 21 heavy (non-hydrogen) atoms. The summed E-state index contributed by atoms with van der Waals surface area (Å²) < 4.78 is 0. The van der Waals surface area contributed by atoms with Crippen molar-refractivity contribution in [3.8, 4) is 0 Å². The Hall–Kier alpha value is -2.21. The van der Waals surface area contributed by atoms with E-state index in [1.54, 1.807) is 18.2 Å². The normalized spacial score (nSPS) is 18.0. The van der Waals surface area contributed by atoms with Crippen molar-refractivity contribution in [2.24, 2.45) is 0 Å². The minimum Gasteiger partial charge on any atom is -0.352 e. The first-order chi connectivity index (χ1) is 10.2. The number of carbonyl (C=O) groups is 1. The zero-order valence-electron chi connectivity index (χ0n) is 11.7. The maximum Gasteiger partial charge on any atom is 0.276 e. The molecule has 0 aliphatic carbocycles. The van der Waals surface area contributed by atoms with Crippen LogP contribution in [-0.2, 0) is 4.79 Å². The topological polar surface area (TPSA) is 84.3 Å². The molecule has 1 saturated heterocycles. The number of hydrogen-bond acceptors (Lipinski definition) is 4. The smallest absolute Gasteiger partial charge is 0.276 e. The fourth-order valence-corrected chi connectivity index (χ4v) is 2.39. The molecule has 1 heterocycles. The van der Waals surface area contributed by atoms with E-state index in [2.05, 4.69) is 10.6 Å². The Kier molecular flexibility index (Phi) is 5.45. The van der Waals surface area contributed by atoms with Crippen LogP contribution in [0.2, 0.25) is 0 Å². The van der Waals surface area contributed by atoms with Gasteiger partial charge in [-0.2, -0.15) is 0 Å². The molecular formula is C15H19N3O3. The maximum absolute atomic E-state index is 11.7. The summed E-state index contributed by atoms with van der Waals surface area (Å²) in [4.78, 5) is 22.1. The van der Waals surface area contributed by atoms with E-state index in [0.29, 0.717) is 18.2 Å². The van der Waals surface area contributed by atoms with E-state index in [-0.39, 0.29) is 11.6 Å². The van der Waals surface area contributed by atoms with Gasteiger partial charge in [-0.05, 0) is 37.9 Å². The first-order valence-corrected chi connectivity index (χ1v) is 7.09. The van der Waals surface area contributed by atoms with E-state index in [4.69, 9.17) is 0 Å². The summed E-state index contributed by atoms with van der Waals surface area (Å²) in [5.41, 5.74) is 0.423. The molecule has 2 rings (SSSR count). The van der Waals surface area contributed by atoms with Gasteiger partial charge in [-0.1, -0.05) is 12.1 Å². The standard InChI is InChI=1S/C15H19N3O3/c19-15(17-11-9-13-5-3-10-16-13)8-7-12-4-1-2-6-14(12)18(20)21/h1-2,4,6-8,13,16H,3,5,9-11H2,(H,17,19)/b8-7+/t13-/m1/s1. The van der Waals surface area contributed by atoms with E-state index < -0.39 is 4.92 Å². The Morgan fingerprint density at radius 3 is 3.00 bits per heavy atom. The average molecular weight is 289 g/mol. The van der Waals surface area contributed by atoms with Gasteiger partial charge in [0, 0.05) is 24.7 Å². The second-order valence-corrected chi connectivity index (χ2v) is 5.02. The van der Waals surface area contributed by atoms with Crippen molar-refractivity contribution >= 4 is 17.7 Å². The summed E-state index contributed by atoms with van der Waals surface area (Å²) in [6.07, 6.45) is 6.06. The predicted octanol–water partition coefficient (Wildman–Crippen LogP) is 1.87. The molecule has 0 unspecified atom stereocenters. The number of benzene rings is 1. The number of nitrogens with zero attached hydrogens (tertiary/aromatic N) is 1. The second-order valence-electron chi connectivity index (χ2n) is 5.02. The van der Waals surface area contributed by atoms with E-state index >= 15 is 0 Å². The summed E-state index contributed by atoms with van der Waals surface area (Å²) >= 11 is 0. The van der Waals surface area contributed by atoms with Gasteiger partial charge in [0.05, 0.1) is 10.5 Å². The second kappa shape index (κ2) is 7.54. The number of amides is 1. The van der Waals surface area contributed by atoms with Gasteiger partial charge in [-0.25, -0.2) is 0 Å². The highest BCUT2D eigenvalue weighted by Gasteiger charge is 2.13. The largest absolute Gasteiger partial charge is 0.352 e. The van der Waals surface area contributed by atoms with E-state index in [1.807, 2.05) is 0 Å². The van der Waals surface area contributed by atoms with Crippen LogP contribution in [0.25, 0.3) is 6.08 Å². The SMILES string of the molecule is O=C(/C=C/c1ccccc1[N+](=O)[O-])NCC[C@H]1CCCN1. The summed E-state index contributed by atoms with van der Waals surface area (Å²) in [6, 6.07) is 6.83. The quantitative estimate of drug-likeness (QED) is 0.475. The van der Waals surface area contributed by atoms with Crippen LogP contribution in [-0.4, -0.2) is 30.0 Å². The number of para-hydroxylation sites is 1. The lowest BCUT2D eigenvalue weighted by Crippen LogP contribution is -2.29. The summed E-state index contributed by atoms with van der Waals surface area (Å²) in [7, 11) is 0. The number of carbonyl (C=O) groups excluding carboxylic acids is 1. The van der Waals surface area contributed by atoms with Crippen molar-refractivity contribution in [2.45, 2.75) is 25.3 Å². The molecule has 0 spiro atoms. The average Bonchev–Trinajstić information content (AvgIpc) is 2.98. The lowest BCUT2D eigenvalue weighted by molar-refractivity contribution is -0.385. The van der Waals surface area contributed by atoms with Gasteiger partial charge in [0.1, 0.15) is 0 Å². The van der Waals surface area contributed by atoms with Crippen LogP contribution in [0.4, 0.5) is 5.69 Å². The number of nitrogens with one attached hydrogen (secondary N) is 2. The number of hydrogen-bond donors (Lipinski definition) is 2. The van der Waals surface area contributed by atoms with Crippen LogP contribution in [0.3, 0.4) is 0 Å². The third-order valence-electron chi connectivity index (χ3n) is 3.50. The van der Waals surface area contributed by atoms with Crippen molar-refractivity contribution in [1.82, 2.24) is 10.6 Å². The highest BCUT2D eigenvalue weighted by molar-refractivity contribution is 5.92. The lowest BCUT2D eigenvalue weighted by Gasteiger charge is -2.09. The molecule has 2 N–H and O–H groups in total. The zero-order valence-corrected chi connectivity index (χ0v) is 11.7. The van der Waals surface area contributed by atoms with Gasteiger partial charge >= 0.3 is 0 Å². The highest BCUT2D eigenvalue weighted by atomic mass is 16.6. The van der Waals surface area contributed by atoms with Crippen molar-refractivity contribution in [1.29, 1.82) is 0 Å². The summed E-state index contributed by atoms with van der Waals surface area (Å²) in [6.45, 7) is 1.66. The van der Waals surface area contributed by atoms with Crippen LogP contribution in [0, 0.1) is 10.1 Å². The van der Waals surface area contributed by atoms with Crippen LogP contribution in [0.5, 0.6) is 0 Å². The molecule has 1 atom stereocenters. The van der Waals surface area contributed by atoms with E-state index in [0.717, 1.165) is 19.4 Å². The molecule has 6 heteroatoms. The molecule has 0 radical (unpaired) electrons. The first kappa shape index (κ1) is 15.2. The van der Waals surface area contributed by atoms with Crippen molar-refractivity contribution in [3.05, 3.63) is 46.0 Å². The minimum absolute atomic E-state index is 0.00305. The van der Waals surface area contributed by atoms with Crippen LogP contribution in [0.15, 0.2) is 30.3 Å². The van der Waals surface area contributed by atoms with Gasteiger partial charge in [0.15, 0.2) is 0 Å². The molecule has 0 aromatic heterocycles. The van der Waals surface area contributed by atoms with E-state index in [9.17, 15) is 14.9 Å². The number of nitro groups is 1. The molecule has 1 amide bonds. The predicted molar refractivity (Wildman–Crippen MR) is 80.8 cm³/mol. The van der Waals surface area contributed by atoms with Crippen molar-refractivity contribution in [3.63, 3.8) is 0 Å². The maximum atomic E-state index is 11.7. The Labute approximate surface area is 123 Å². The van der Waals surface area contributed by atoms with Gasteiger partial charge in [-0.15, -0.1) is 0 Å². The number of rotatable bonds is 6. The van der Waals surface area contributed by atoms with Gasteiger partial charge in [-0.3, -0.25) is 14.9 Å². The molecule has 1 fully saturated rings. The monoisotopic (exact) mass is 289 g/mol. The molecule has 1 aromatic carbocycles. The molecular weight excluding hydrogens is 270 g/mol. The molecule has 1 aromatic rings. The first-order valence-electron chi connectivity index (χ1n) is 7.09. The molecule has 112 valence electrons. The molecule has 1 aliphatic heterocycles. The third-order valence-corrected chi connectivity index (χ3v) is 3.50. The minimum atomic E-state index is -0.455. The van der Waals surface area contributed by atoms with E-state index in [1.165, 1.54) is 24.6 Å². The van der Waals surface area contributed by atoms with Crippen molar-refractivity contribution in [2.75, 3.05) is 13.1 Å². The lowest BCUT2D eigenvalue weighted by atomic mass is 10.1. The Balaban J connectivity index is 1.82. The Morgan fingerprint density at radius 2 is 2.29 bits per heavy atom. The van der Waals surface area contributed by atoms with Gasteiger partial charge in [0.25, 0.3) is 5.69 Å². The van der Waals surface area contributed by atoms with Crippen LogP contribution < -0.4 is 10.6 Å². The third kappa shape index (κ3) is 4.68. The fraction of sp³-hybridized carbons (Fsp3) is 0.400. The van der Waals surface area contributed by atoms with Crippen molar-refractivity contribution < 1.29 is 9.72 Å². The fourth-order valence-electron chi connectivity index (χ4n) is 2.39. The highest BCUT2D eigenvalue weighted by Crippen LogP contribution is 2.18. The number of nitro benzene ring substituents is 1. The van der Waals surface area contributed by atoms with Gasteiger partial charge in [0.2, 0.25) is 5.91 Å². The zero-order chi connectivity index (χ0) is 15.1. The molecule has 0 saturated carbocycles. The van der Waals surface area contributed by atoms with Crippen LogP contribution >= 0.6 is 0 Å². The van der Waals surface area contributed by atoms with Gasteiger partial charge < -0.3 is 10.6 Å². The summed E-state index contributed by atoms with van der Waals surface area (Å²) in [5, 5.41) is 17.0. The van der Waals surface area contributed by atoms with Crippen LogP contribution in [0.1, 0.15) is 24.8 Å². The molecule has 6 nitrogen and oxygen atoms in total. The Bertz CT molecular complexity index is 537.